The molecule has 40 heavy (non-hydrogen) atoms. The van der Waals surface area contributed by atoms with Crippen LogP contribution >= 0.6 is 0 Å². The fourth-order valence-corrected chi connectivity index (χ4v) is 4.75. The van der Waals surface area contributed by atoms with Crippen molar-refractivity contribution in [2.75, 3.05) is 13.6 Å². The number of hydrogen-bond acceptors (Lipinski definition) is 5. The Kier molecular flexibility index (Phi) is 7.59. The zero-order valence-corrected chi connectivity index (χ0v) is 23.2. The van der Waals surface area contributed by atoms with Crippen LogP contribution in [0.15, 0.2) is 119 Å². The maximum absolute atomic E-state index is 12.7. The van der Waals surface area contributed by atoms with Crippen LogP contribution in [0, 0.1) is 0 Å². The molecule has 3 aliphatic rings. The van der Waals surface area contributed by atoms with Gasteiger partial charge in [0.2, 0.25) is 0 Å². The summed E-state index contributed by atoms with van der Waals surface area (Å²) in [5.74, 6) is 0.575. The number of carbonyl (C=O) groups excluding carboxylic acids is 1. The molecule has 5 rings (SSSR count). The first kappa shape index (κ1) is 26.6. The van der Waals surface area contributed by atoms with Crippen molar-refractivity contribution in [3.05, 3.63) is 126 Å². The van der Waals surface area contributed by atoms with E-state index in [-0.39, 0.29) is 11.8 Å². The minimum absolute atomic E-state index is 0.265. The number of benzene rings is 1. The molecule has 1 aromatic carbocycles. The molecule has 1 amide bonds. The Bertz CT molecular complexity index is 1670. The van der Waals surface area contributed by atoms with Crippen LogP contribution in [0.2, 0.25) is 0 Å². The van der Waals surface area contributed by atoms with E-state index in [1.807, 2.05) is 111 Å². The second kappa shape index (κ2) is 11.4. The van der Waals surface area contributed by atoms with Crippen molar-refractivity contribution in [3.8, 4) is 0 Å². The summed E-state index contributed by atoms with van der Waals surface area (Å²) in [6.45, 7) is 5.41. The number of carbonyl (C=O) groups is 1. The number of aryl methyl sites for hydroxylation is 2. The SMILES string of the molecule is CCN1C=CN(C)/C1=C(\[O-])N=C1C=CC(=c2ccc(=C3C=CC(=NC(=O)c4n(CC)cc[n+]4C)C=C3)cc2)C=C1. The van der Waals surface area contributed by atoms with Gasteiger partial charge in [-0.15, -0.1) is 0 Å². The smallest absolute Gasteiger partial charge is 0.360 e. The standard InChI is InChI=1S/C32H32N6O2/c1-5-37-21-19-35(3)31(37)29(39)33-27-15-11-25(12-16-27)23-7-9-24(10-8-23)26-13-17-28(18-14-26)34-30(40)32-36(4)20-22-38(32)6-2/h7-22H,5-6H2,1-4H3/b25-23?,26-24?,31-29+,33-27?,34-28?. The summed E-state index contributed by atoms with van der Waals surface area (Å²) in [5.41, 5.74) is 3.32. The summed E-state index contributed by atoms with van der Waals surface area (Å²) in [6.07, 6.45) is 22.8. The predicted molar refractivity (Wildman–Crippen MR) is 156 cm³/mol. The lowest BCUT2D eigenvalue weighted by Gasteiger charge is -2.25. The molecule has 2 heterocycles. The van der Waals surface area contributed by atoms with Gasteiger partial charge in [-0.2, -0.15) is 0 Å². The van der Waals surface area contributed by atoms with Crippen LogP contribution in [0.3, 0.4) is 0 Å². The number of hydrogen-bond donors (Lipinski definition) is 0. The minimum atomic E-state index is -0.265. The molecule has 0 saturated heterocycles. The van der Waals surface area contributed by atoms with Gasteiger partial charge in [0.15, 0.2) is 0 Å². The number of aromatic nitrogens is 2. The van der Waals surface area contributed by atoms with Crippen LogP contribution in [0.25, 0.3) is 11.1 Å². The lowest BCUT2D eigenvalue weighted by atomic mass is 10.0. The third kappa shape index (κ3) is 5.42. The molecule has 0 spiro atoms. The van der Waals surface area contributed by atoms with Gasteiger partial charge >= 0.3 is 11.7 Å². The van der Waals surface area contributed by atoms with Gasteiger partial charge in [-0.1, -0.05) is 48.6 Å². The highest BCUT2D eigenvalue weighted by Gasteiger charge is 2.22. The Morgan fingerprint density at radius 2 is 1.38 bits per heavy atom. The van der Waals surface area contributed by atoms with E-state index in [0.29, 0.717) is 36.2 Å². The monoisotopic (exact) mass is 532 g/mol. The highest BCUT2D eigenvalue weighted by molar-refractivity contribution is 6.14. The van der Waals surface area contributed by atoms with Crippen molar-refractivity contribution in [2.24, 2.45) is 17.0 Å². The van der Waals surface area contributed by atoms with Gasteiger partial charge < -0.3 is 14.9 Å². The first-order chi connectivity index (χ1) is 19.4. The van der Waals surface area contributed by atoms with Crippen molar-refractivity contribution < 1.29 is 14.5 Å². The Balaban J connectivity index is 1.32. The lowest BCUT2D eigenvalue weighted by Crippen LogP contribution is -2.35. The zero-order valence-electron chi connectivity index (χ0n) is 23.2. The van der Waals surface area contributed by atoms with Crippen LogP contribution in [0.4, 0.5) is 0 Å². The van der Waals surface area contributed by atoms with E-state index in [1.54, 1.807) is 9.47 Å². The molecule has 0 fully saturated rings. The van der Waals surface area contributed by atoms with Crippen molar-refractivity contribution in [1.29, 1.82) is 0 Å². The molecule has 2 aliphatic carbocycles. The largest absolute Gasteiger partial charge is 0.856 e. The Morgan fingerprint density at radius 1 is 0.825 bits per heavy atom. The summed E-state index contributed by atoms with van der Waals surface area (Å²) in [7, 11) is 3.69. The lowest BCUT2D eigenvalue weighted by molar-refractivity contribution is -0.672. The van der Waals surface area contributed by atoms with Crippen LogP contribution in [-0.4, -0.2) is 45.3 Å². The van der Waals surface area contributed by atoms with Gasteiger partial charge in [0, 0.05) is 31.9 Å². The maximum atomic E-state index is 12.7. The molecule has 8 nitrogen and oxygen atoms in total. The molecule has 0 N–H and O–H groups in total. The number of amides is 1. The van der Waals surface area contributed by atoms with Gasteiger partial charge in [0.1, 0.15) is 18.2 Å². The summed E-state index contributed by atoms with van der Waals surface area (Å²) in [5, 5.41) is 14.9. The number of allylic oxidation sites excluding steroid dienone is 8. The fourth-order valence-electron chi connectivity index (χ4n) is 4.75. The zero-order chi connectivity index (χ0) is 28.2. The van der Waals surface area contributed by atoms with Crippen LogP contribution in [0.5, 0.6) is 0 Å². The second-order valence-electron chi connectivity index (χ2n) is 9.54. The van der Waals surface area contributed by atoms with E-state index >= 15 is 0 Å². The van der Waals surface area contributed by atoms with Crippen LogP contribution < -0.4 is 20.1 Å². The van der Waals surface area contributed by atoms with Crippen molar-refractivity contribution in [2.45, 2.75) is 20.4 Å². The molecular formula is C32H32N6O2. The second-order valence-corrected chi connectivity index (χ2v) is 9.54. The van der Waals surface area contributed by atoms with E-state index in [0.717, 1.165) is 21.6 Å². The highest BCUT2D eigenvalue weighted by Crippen LogP contribution is 2.20. The van der Waals surface area contributed by atoms with Crippen LogP contribution in [-0.2, 0) is 13.6 Å². The Morgan fingerprint density at radius 3 is 1.90 bits per heavy atom. The molecule has 0 bridgehead atoms. The van der Waals surface area contributed by atoms with Gasteiger partial charge in [0.05, 0.1) is 25.0 Å². The average molecular weight is 533 g/mol. The molecule has 2 aromatic rings. The predicted octanol–water partition coefficient (Wildman–Crippen LogP) is 1.83. The molecule has 0 unspecified atom stereocenters. The summed E-state index contributed by atoms with van der Waals surface area (Å²) in [6, 6.07) is 8.28. The molecule has 0 atom stereocenters. The molecule has 1 aliphatic heterocycles. The van der Waals surface area contributed by atoms with Gasteiger partial charge in [0.25, 0.3) is 0 Å². The van der Waals surface area contributed by atoms with Crippen LogP contribution in [0.1, 0.15) is 24.5 Å². The third-order valence-corrected chi connectivity index (χ3v) is 6.96. The maximum Gasteiger partial charge on any atom is 0.360 e. The van der Waals surface area contributed by atoms with E-state index in [4.69, 9.17) is 0 Å². The molecule has 0 radical (unpaired) electrons. The number of rotatable bonds is 4. The molecule has 1 aromatic heterocycles. The number of nitrogens with zero attached hydrogens (tertiary/aromatic N) is 6. The molecule has 8 heteroatoms. The van der Waals surface area contributed by atoms with Crippen molar-refractivity contribution in [3.63, 3.8) is 0 Å². The fraction of sp³-hybridized carbons (Fsp3) is 0.188. The van der Waals surface area contributed by atoms with Gasteiger partial charge in [-0.3, -0.25) is 9.79 Å². The molecule has 0 saturated carbocycles. The van der Waals surface area contributed by atoms with E-state index in [1.165, 1.54) is 0 Å². The van der Waals surface area contributed by atoms with Gasteiger partial charge in [-0.25, -0.2) is 14.1 Å². The van der Waals surface area contributed by atoms with E-state index in [9.17, 15) is 9.90 Å². The first-order valence-corrected chi connectivity index (χ1v) is 13.3. The molecule has 202 valence electrons. The molecular weight excluding hydrogens is 500 g/mol. The third-order valence-electron chi connectivity index (χ3n) is 6.96. The summed E-state index contributed by atoms with van der Waals surface area (Å²) in [4.78, 5) is 25.0. The number of imidazole rings is 1. The minimum Gasteiger partial charge on any atom is -0.856 e. The summed E-state index contributed by atoms with van der Waals surface area (Å²) < 4.78 is 3.68. The van der Waals surface area contributed by atoms with E-state index < -0.39 is 0 Å². The first-order valence-electron chi connectivity index (χ1n) is 13.3. The number of aliphatic imine (C=N–C) groups is 2. The normalized spacial score (nSPS) is 17.4. The van der Waals surface area contributed by atoms with Crippen molar-refractivity contribution in [1.82, 2.24) is 14.4 Å². The highest BCUT2D eigenvalue weighted by atomic mass is 16.3. The quantitative estimate of drug-likeness (QED) is 0.445. The van der Waals surface area contributed by atoms with Gasteiger partial charge in [-0.05, 0) is 59.7 Å². The average Bonchev–Trinajstić information content (AvgIpc) is 3.55. The topological polar surface area (TPSA) is 80.1 Å². The van der Waals surface area contributed by atoms with Crippen molar-refractivity contribution >= 4 is 28.5 Å². The Hall–Kier alpha value is -4.98. The van der Waals surface area contributed by atoms with E-state index in [2.05, 4.69) is 34.3 Å². The summed E-state index contributed by atoms with van der Waals surface area (Å²) >= 11 is 0. The Labute approximate surface area is 233 Å².